The highest BCUT2D eigenvalue weighted by Gasteiger charge is 2.28. The monoisotopic (exact) mass is 399 g/mol. The Hall–Kier alpha value is -2.69. The van der Waals surface area contributed by atoms with Crippen molar-refractivity contribution in [1.82, 2.24) is 10.1 Å². The first-order valence-corrected chi connectivity index (χ1v) is 10.3. The molecule has 0 spiro atoms. The van der Waals surface area contributed by atoms with Crippen LogP contribution >= 0.6 is 0 Å². The number of nitrogens with two attached hydrogens (primary N) is 1. The zero-order valence-corrected chi connectivity index (χ0v) is 15.9. The lowest BCUT2D eigenvalue weighted by molar-refractivity contribution is 0.275. The molecule has 0 radical (unpaired) electrons. The van der Waals surface area contributed by atoms with Crippen LogP contribution in [-0.2, 0) is 33.3 Å². The van der Waals surface area contributed by atoms with Crippen molar-refractivity contribution in [3.63, 3.8) is 0 Å². The number of aryl methyl sites for hydroxylation is 1. The highest BCUT2D eigenvalue weighted by atomic mass is 32.2. The minimum absolute atomic E-state index is 0.168. The van der Waals surface area contributed by atoms with Crippen LogP contribution < -0.4 is 11.2 Å². The molecule has 2 aromatic carbocycles. The number of anilines is 1. The summed E-state index contributed by atoms with van der Waals surface area (Å²) in [7, 11) is -4.70. The van der Waals surface area contributed by atoms with Crippen LogP contribution in [0.5, 0.6) is 0 Å². The van der Waals surface area contributed by atoms with Crippen molar-refractivity contribution in [2.75, 3.05) is 5.73 Å². The number of nitrogen functional groups attached to an aromatic ring is 1. The molecule has 3 aromatic rings. The summed E-state index contributed by atoms with van der Waals surface area (Å²) in [5, 5.41) is 13.7. The number of hydrogen-bond donors (Lipinski definition) is 2. The van der Waals surface area contributed by atoms with Gasteiger partial charge in [-0.15, -0.1) is 0 Å². The van der Waals surface area contributed by atoms with Gasteiger partial charge in [-0.25, -0.2) is 8.42 Å². The molecule has 4 rings (SSSR count). The van der Waals surface area contributed by atoms with Gasteiger partial charge in [-0.2, -0.15) is 4.98 Å². The Morgan fingerprint density at radius 2 is 2.07 bits per heavy atom. The number of aromatic nitrogens is 2. The zero-order valence-electron chi connectivity index (χ0n) is 15.1. The van der Waals surface area contributed by atoms with Gasteiger partial charge in [-0.1, -0.05) is 23.4 Å². The summed E-state index contributed by atoms with van der Waals surface area (Å²) in [6, 6.07) is 9.85. The average molecular weight is 399 g/mol. The Labute approximate surface area is 162 Å². The zero-order chi connectivity index (χ0) is 19.9. The van der Waals surface area contributed by atoms with E-state index in [1.54, 1.807) is 37.3 Å². The third-order valence-corrected chi connectivity index (χ3v) is 6.35. The summed E-state index contributed by atoms with van der Waals surface area (Å²) in [5.41, 5.74) is 8.84. The first-order valence-electron chi connectivity index (χ1n) is 8.63. The van der Waals surface area contributed by atoms with Crippen molar-refractivity contribution in [2.45, 2.75) is 30.6 Å². The SMILES string of the molecule is Cc1nc(Cc2cc(N)ccc2S(=O)(=O)Cc2ccc3c(c2)B(O)OC3)no1. The molecule has 0 amide bonds. The van der Waals surface area contributed by atoms with Crippen molar-refractivity contribution in [1.29, 1.82) is 0 Å². The van der Waals surface area contributed by atoms with E-state index in [1.807, 2.05) is 0 Å². The lowest BCUT2D eigenvalue weighted by Crippen LogP contribution is -2.28. The Balaban J connectivity index is 1.67. The van der Waals surface area contributed by atoms with E-state index in [1.165, 1.54) is 6.07 Å². The molecular weight excluding hydrogens is 381 g/mol. The fourth-order valence-electron chi connectivity index (χ4n) is 3.28. The second-order valence-electron chi connectivity index (χ2n) is 6.73. The first kappa shape index (κ1) is 18.7. The van der Waals surface area contributed by atoms with Gasteiger partial charge < -0.3 is 19.9 Å². The van der Waals surface area contributed by atoms with E-state index < -0.39 is 17.0 Å². The minimum atomic E-state index is -3.67. The second-order valence-corrected chi connectivity index (χ2v) is 8.69. The average Bonchev–Trinajstić information content (AvgIpc) is 3.20. The first-order chi connectivity index (χ1) is 13.3. The van der Waals surface area contributed by atoms with E-state index >= 15 is 0 Å². The summed E-state index contributed by atoms with van der Waals surface area (Å²) >= 11 is 0. The summed E-state index contributed by atoms with van der Waals surface area (Å²) in [6.07, 6.45) is 0.188. The molecule has 1 aliphatic rings. The maximum absolute atomic E-state index is 13.1. The molecule has 0 aliphatic carbocycles. The minimum Gasteiger partial charge on any atom is -0.423 e. The van der Waals surface area contributed by atoms with E-state index in [0.717, 1.165) is 5.56 Å². The molecule has 3 N–H and O–H groups in total. The van der Waals surface area contributed by atoms with E-state index in [2.05, 4.69) is 10.1 Å². The molecule has 0 saturated carbocycles. The molecule has 8 nitrogen and oxygen atoms in total. The van der Waals surface area contributed by atoms with Crippen LogP contribution in [0.25, 0.3) is 0 Å². The van der Waals surface area contributed by atoms with Crippen molar-refractivity contribution in [3.05, 3.63) is 64.8 Å². The Bertz CT molecular complexity index is 1150. The quantitative estimate of drug-likeness (QED) is 0.475. The van der Waals surface area contributed by atoms with Gasteiger partial charge >= 0.3 is 7.12 Å². The van der Waals surface area contributed by atoms with Crippen molar-refractivity contribution in [2.24, 2.45) is 0 Å². The van der Waals surface area contributed by atoms with Crippen molar-refractivity contribution in [3.8, 4) is 0 Å². The lowest BCUT2D eigenvalue weighted by Gasteiger charge is -2.11. The van der Waals surface area contributed by atoms with E-state index in [9.17, 15) is 13.4 Å². The predicted molar refractivity (Wildman–Crippen MR) is 102 cm³/mol. The molecule has 1 aromatic heterocycles. The van der Waals surface area contributed by atoms with E-state index in [0.29, 0.717) is 40.6 Å². The molecular formula is C18H18BN3O5S. The Morgan fingerprint density at radius 1 is 1.25 bits per heavy atom. The number of nitrogens with zero attached hydrogens (tertiary/aromatic N) is 2. The van der Waals surface area contributed by atoms with Gasteiger partial charge in [-0.3, -0.25) is 0 Å². The van der Waals surface area contributed by atoms with Crippen LogP contribution in [0.2, 0.25) is 0 Å². The lowest BCUT2D eigenvalue weighted by atomic mass is 9.79. The van der Waals surface area contributed by atoms with Gasteiger partial charge in [0, 0.05) is 19.0 Å². The molecule has 0 saturated heterocycles. The standard InChI is InChI=1S/C18H18BN3O5S/c1-11-21-18(22-27-11)8-14-7-15(20)4-5-17(14)28(24,25)10-12-2-3-13-9-26-19(23)16(13)6-12/h2-7,23H,8-10,20H2,1H3. The van der Waals surface area contributed by atoms with Crippen LogP contribution in [0.3, 0.4) is 0 Å². The molecule has 10 heteroatoms. The van der Waals surface area contributed by atoms with Gasteiger partial charge in [0.2, 0.25) is 5.89 Å². The van der Waals surface area contributed by atoms with Crippen molar-refractivity contribution < 1.29 is 22.6 Å². The van der Waals surface area contributed by atoms with Crippen LogP contribution in [0, 0.1) is 6.92 Å². The molecule has 28 heavy (non-hydrogen) atoms. The number of benzene rings is 2. The van der Waals surface area contributed by atoms with Gasteiger partial charge in [0.25, 0.3) is 0 Å². The van der Waals surface area contributed by atoms with E-state index in [4.69, 9.17) is 14.9 Å². The summed E-state index contributed by atoms with van der Waals surface area (Å²) in [4.78, 5) is 4.30. The number of rotatable bonds is 5. The topological polar surface area (TPSA) is 129 Å². The maximum atomic E-state index is 13.1. The molecule has 1 aliphatic heterocycles. The largest absolute Gasteiger partial charge is 0.491 e. The number of sulfone groups is 1. The molecule has 2 heterocycles. The molecule has 0 bridgehead atoms. The summed E-state index contributed by atoms with van der Waals surface area (Å²) in [6.45, 7) is 1.98. The Kier molecular flexibility index (Phi) is 4.70. The molecule has 0 fully saturated rings. The second kappa shape index (κ2) is 7.04. The molecule has 0 unspecified atom stereocenters. The summed E-state index contributed by atoms with van der Waals surface area (Å²) < 4.78 is 36.4. The van der Waals surface area contributed by atoms with Gasteiger partial charge in [-0.05, 0) is 40.4 Å². The summed E-state index contributed by atoms with van der Waals surface area (Å²) in [5.74, 6) is 0.578. The van der Waals surface area contributed by atoms with Gasteiger partial charge in [0.05, 0.1) is 17.3 Å². The fourth-order valence-corrected chi connectivity index (χ4v) is 4.86. The van der Waals surface area contributed by atoms with Crippen molar-refractivity contribution >= 4 is 28.1 Å². The third-order valence-electron chi connectivity index (χ3n) is 4.57. The number of fused-ring (bicyclic) bond motifs is 1. The highest BCUT2D eigenvalue weighted by molar-refractivity contribution is 7.90. The van der Waals surface area contributed by atoms with Crippen LogP contribution in [0.4, 0.5) is 5.69 Å². The van der Waals surface area contributed by atoms with Gasteiger partial charge in [0.15, 0.2) is 15.7 Å². The smallest absolute Gasteiger partial charge is 0.423 e. The molecule has 144 valence electrons. The molecule has 0 atom stereocenters. The van der Waals surface area contributed by atoms with Crippen LogP contribution in [0.1, 0.15) is 28.4 Å². The van der Waals surface area contributed by atoms with E-state index in [-0.39, 0.29) is 17.1 Å². The normalized spacial score (nSPS) is 13.7. The highest BCUT2D eigenvalue weighted by Crippen LogP contribution is 2.25. The van der Waals surface area contributed by atoms with Crippen LogP contribution in [0.15, 0.2) is 45.8 Å². The Morgan fingerprint density at radius 3 is 2.82 bits per heavy atom. The van der Waals surface area contributed by atoms with Crippen LogP contribution in [-0.4, -0.2) is 30.7 Å². The number of hydrogen-bond acceptors (Lipinski definition) is 8. The van der Waals surface area contributed by atoms with Gasteiger partial charge in [0.1, 0.15) is 0 Å². The third kappa shape index (κ3) is 3.66. The maximum Gasteiger partial charge on any atom is 0.491 e. The fraction of sp³-hybridized carbons (Fsp3) is 0.222. The predicted octanol–water partition coefficient (Wildman–Crippen LogP) is 0.743.